The van der Waals surface area contributed by atoms with E-state index in [0.29, 0.717) is 12.0 Å². The molecule has 1 saturated heterocycles. The molecule has 0 aromatic rings. The second kappa shape index (κ2) is 6.21. The largest absolute Gasteiger partial charge is 0.480 e. The number of nitrogens with zero attached hydrogens (tertiary/aromatic N) is 1. The molecule has 4 heteroatoms. The first-order valence-electron chi connectivity index (χ1n) is 6.21. The van der Waals surface area contributed by atoms with E-state index in [0.717, 1.165) is 32.5 Å². The molecule has 1 aliphatic rings. The van der Waals surface area contributed by atoms with Crippen LogP contribution >= 0.6 is 0 Å². The van der Waals surface area contributed by atoms with Crippen LogP contribution in [-0.4, -0.2) is 47.7 Å². The van der Waals surface area contributed by atoms with Crippen molar-refractivity contribution in [2.45, 2.75) is 45.7 Å². The van der Waals surface area contributed by atoms with Crippen LogP contribution in [0.1, 0.15) is 33.6 Å². The van der Waals surface area contributed by atoms with Crippen LogP contribution in [0, 0.1) is 5.92 Å². The van der Waals surface area contributed by atoms with Gasteiger partial charge < -0.3 is 10.4 Å². The molecule has 0 aliphatic carbocycles. The third kappa shape index (κ3) is 3.76. The molecule has 0 radical (unpaired) electrons. The van der Waals surface area contributed by atoms with Gasteiger partial charge in [0.15, 0.2) is 0 Å². The molecule has 1 aliphatic heterocycles. The van der Waals surface area contributed by atoms with Crippen molar-refractivity contribution in [3.63, 3.8) is 0 Å². The highest BCUT2D eigenvalue weighted by Crippen LogP contribution is 2.17. The number of piperidine rings is 1. The molecular formula is C12H24N2O2. The van der Waals surface area contributed by atoms with E-state index in [4.69, 9.17) is 5.11 Å². The molecule has 0 bridgehead atoms. The van der Waals surface area contributed by atoms with Gasteiger partial charge in [0.25, 0.3) is 0 Å². The molecule has 1 rings (SSSR count). The predicted octanol–water partition coefficient (Wildman–Crippen LogP) is 1.17. The van der Waals surface area contributed by atoms with Gasteiger partial charge in [-0.1, -0.05) is 0 Å². The number of rotatable bonds is 5. The van der Waals surface area contributed by atoms with Crippen LogP contribution in [0.15, 0.2) is 0 Å². The maximum absolute atomic E-state index is 11.0. The molecule has 1 unspecified atom stereocenters. The zero-order valence-electron chi connectivity index (χ0n) is 10.6. The number of aliphatic carboxylic acids is 1. The third-order valence-corrected chi connectivity index (χ3v) is 3.45. The lowest BCUT2D eigenvalue weighted by Gasteiger charge is -2.35. The molecule has 4 nitrogen and oxygen atoms in total. The van der Waals surface area contributed by atoms with Crippen molar-refractivity contribution in [2.75, 3.05) is 19.6 Å². The van der Waals surface area contributed by atoms with Gasteiger partial charge >= 0.3 is 5.97 Å². The highest BCUT2D eigenvalue weighted by molar-refractivity contribution is 5.72. The molecule has 2 N–H and O–H groups in total. The molecule has 1 atom stereocenters. The van der Waals surface area contributed by atoms with Gasteiger partial charge in [-0.3, -0.25) is 9.69 Å². The first-order chi connectivity index (χ1) is 7.52. The summed E-state index contributed by atoms with van der Waals surface area (Å²) in [4.78, 5) is 13.1. The smallest absolute Gasteiger partial charge is 0.320 e. The van der Waals surface area contributed by atoms with E-state index < -0.39 is 5.97 Å². The van der Waals surface area contributed by atoms with E-state index in [-0.39, 0.29) is 6.04 Å². The number of nitrogens with one attached hydrogen (secondary N) is 1. The van der Waals surface area contributed by atoms with Crippen molar-refractivity contribution in [1.29, 1.82) is 0 Å². The fourth-order valence-electron chi connectivity index (χ4n) is 2.32. The van der Waals surface area contributed by atoms with E-state index in [1.807, 2.05) is 0 Å². The number of carboxylic acids is 1. The quantitative estimate of drug-likeness (QED) is 0.741. The van der Waals surface area contributed by atoms with Gasteiger partial charge in [-0.2, -0.15) is 0 Å². The molecule has 0 aromatic carbocycles. The predicted molar refractivity (Wildman–Crippen MR) is 64.5 cm³/mol. The fraction of sp³-hybridized carbons (Fsp3) is 0.917. The Bertz CT molecular complexity index is 225. The van der Waals surface area contributed by atoms with Gasteiger partial charge in [0.05, 0.1) is 0 Å². The van der Waals surface area contributed by atoms with Crippen molar-refractivity contribution in [3.05, 3.63) is 0 Å². The summed E-state index contributed by atoms with van der Waals surface area (Å²) in [6.07, 6.45) is 2.32. The highest BCUT2D eigenvalue weighted by atomic mass is 16.4. The Hall–Kier alpha value is -0.610. The first-order valence-corrected chi connectivity index (χ1v) is 6.21. The molecule has 0 spiro atoms. The molecule has 0 aromatic heterocycles. The van der Waals surface area contributed by atoms with Crippen LogP contribution in [0.5, 0.6) is 0 Å². The maximum atomic E-state index is 11.0. The van der Waals surface area contributed by atoms with Crippen LogP contribution in [0.2, 0.25) is 0 Å². The Morgan fingerprint density at radius 3 is 2.38 bits per heavy atom. The van der Waals surface area contributed by atoms with Crippen molar-refractivity contribution < 1.29 is 9.90 Å². The summed E-state index contributed by atoms with van der Waals surface area (Å²) in [7, 11) is 0. The van der Waals surface area contributed by atoms with Crippen LogP contribution in [-0.2, 0) is 4.79 Å². The standard InChI is InChI=1S/C12H24N2O2/c1-9(2)14(10(3)12(15)16)8-11-4-6-13-7-5-11/h9-11,13H,4-8H2,1-3H3,(H,15,16). The average molecular weight is 228 g/mol. The summed E-state index contributed by atoms with van der Waals surface area (Å²) in [6.45, 7) is 8.97. The second-order valence-electron chi connectivity index (χ2n) is 5.00. The van der Waals surface area contributed by atoms with Crippen molar-refractivity contribution in [3.8, 4) is 0 Å². The highest BCUT2D eigenvalue weighted by Gasteiger charge is 2.26. The topological polar surface area (TPSA) is 52.6 Å². The monoisotopic (exact) mass is 228 g/mol. The molecular weight excluding hydrogens is 204 g/mol. The summed E-state index contributed by atoms with van der Waals surface area (Å²) >= 11 is 0. The molecule has 16 heavy (non-hydrogen) atoms. The lowest BCUT2D eigenvalue weighted by molar-refractivity contribution is -0.143. The number of hydrogen-bond acceptors (Lipinski definition) is 3. The summed E-state index contributed by atoms with van der Waals surface area (Å²) in [5.74, 6) is -0.0758. The van der Waals surface area contributed by atoms with E-state index in [9.17, 15) is 4.79 Å². The van der Waals surface area contributed by atoms with Crippen LogP contribution < -0.4 is 5.32 Å². The number of carboxylic acid groups (broad SMARTS) is 1. The zero-order valence-corrected chi connectivity index (χ0v) is 10.6. The Kier molecular flexibility index (Phi) is 5.22. The minimum absolute atomic E-state index is 0.293. The Morgan fingerprint density at radius 1 is 1.38 bits per heavy atom. The Morgan fingerprint density at radius 2 is 1.94 bits per heavy atom. The minimum Gasteiger partial charge on any atom is -0.480 e. The fourth-order valence-corrected chi connectivity index (χ4v) is 2.32. The van der Waals surface area contributed by atoms with E-state index in [1.54, 1.807) is 6.92 Å². The Labute approximate surface area is 98.0 Å². The van der Waals surface area contributed by atoms with Gasteiger partial charge in [0, 0.05) is 12.6 Å². The van der Waals surface area contributed by atoms with E-state index in [1.165, 1.54) is 0 Å². The molecule has 0 amide bonds. The van der Waals surface area contributed by atoms with E-state index in [2.05, 4.69) is 24.1 Å². The maximum Gasteiger partial charge on any atom is 0.320 e. The molecule has 0 saturated carbocycles. The van der Waals surface area contributed by atoms with Gasteiger partial charge in [0.2, 0.25) is 0 Å². The summed E-state index contributed by atoms with van der Waals surface area (Å²) in [6, 6.07) is -0.0872. The third-order valence-electron chi connectivity index (χ3n) is 3.45. The lowest BCUT2D eigenvalue weighted by Crippen LogP contribution is -2.47. The molecule has 1 heterocycles. The first kappa shape index (κ1) is 13.5. The molecule has 1 fully saturated rings. The summed E-state index contributed by atoms with van der Waals surface area (Å²) < 4.78 is 0. The van der Waals surface area contributed by atoms with Gasteiger partial charge in [0.1, 0.15) is 6.04 Å². The van der Waals surface area contributed by atoms with Crippen molar-refractivity contribution in [2.24, 2.45) is 5.92 Å². The van der Waals surface area contributed by atoms with Crippen molar-refractivity contribution in [1.82, 2.24) is 10.2 Å². The number of carbonyl (C=O) groups is 1. The van der Waals surface area contributed by atoms with Crippen LogP contribution in [0.4, 0.5) is 0 Å². The lowest BCUT2D eigenvalue weighted by atomic mass is 9.96. The minimum atomic E-state index is -0.720. The average Bonchev–Trinajstić information content (AvgIpc) is 2.26. The summed E-state index contributed by atoms with van der Waals surface area (Å²) in [5, 5.41) is 12.4. The van der Waals surface area contributed by atoms with Gasteiger partial charge in [-0.15, -0.1) is 0 Å². The Balaban J connectivity index is 2.52. The molecule has 94 valence electrons. The normalized spacial score (nSPS) is 20.3. The second-order valence-corrected chi connectivity index (χ2v) is 5.00. The van der Waals surface area contributed by atoms with E-state index >= 15 is 0 Å². The van der Waals surface area contributed by atoms with Gasteiger partial charge in [-0.25, -0.2) is 0 Å². The van der Waals surface area contributed by atoms with Crippen LogP contribution in [0.25, 0.3) is 0 Å². The van der Waals surface area contributed by atoms with Crippen LogP contribution in [0.3, 0.4) is 0 Å². The summed E-state index contributed by atoms with van der Waals surface area (Å²) in [5.41, 5.74) is 0. The van der Waals surface area contributed by atoms with Gasteiger partial charge in [-0.05, 0) is 52.6 Å². The SMILES string of the molecule is CC(C)N(CC1CCNCC1)C(C)C(=O)O. The van der Waals surface area contributed by atoms with Crippen molar-refractivity contribution >= 4 is 5.97 Å². The zero-order chi connectivity index (χ0) is 12.1. The number of hydrogen-bond donors (Lipinski definition) is 2.